The summed E-state index contributed by atoms with van der Waals surface area (Å²) >= 11 is 0. The molecule has 0 saturated carbocycles. The van der Waals surface area contributed by atoms with Crippen molar-refractivity contribution in [2.24, 2.45) is 5.41 Å². The number of carbonyl (C=O) groups is 2. The average Bonchev–Trinajstić information content (AvgIpc) is 2.78. The Morgan fingerprint density at radius 3 is 2.57 bits per heavy atom. The van der Waals surface area contributed by atoms with E-state index in [0.717, 1.165) is 10.8 Å². The van der Waals surface area contributed by atoms with Gasteiger partial charge in [0.25, 0.3) is 5.91 Å². The van der Waals surface area contributed by atoms with E-state index >= 15 is 0 Å². The van der Waals surface area contributed by atoms with Gasteiger partial charge in [-0.15, -0.1) is 0 Å². The summed E-state index contributed by atoms with van der Waals surface area (Å²) in [5.74, 6) is 0.406. The Balaban J connectivity index is 1.61. The predicted octanol–water partition coefficient (Wildman–Crippen LogP) is 4.47. The molecule has 0 atom stereocenters. The standard InChI is InChI=1S/C23H22N2O3/c1-23(2)14-28-20-11-10-18(13-19(20)25(3)22(23)27)24-21(26)17-9-8-15-6-4-5-7-16(15)12-17/h4-13H,14H2,1-3H3,(H,24,26). The van der Waals surface area contributed by atoms with Crippen molar-refractivity contribution in [2.45, 2.75) is 13.8 Å². The average molecular weight is 374 g/mol. The van der Waals surface area contributed by atoms with Crippen molar-refractivity contribution in [2.75, 3.05) is 23.9 Å². The Morgan fingerprint density at radius 2 is 1.79 bits per heavy atom. The zero-order chi connectivity index (χ0) is 19.9. The Bertz CT molecular complexity index is 1090. The topological polar surface area (TPSA) is 58.6 Å². The largest absolute Gasteiger partial charge is 0.490 e. The molecule has 28 heavy (non-hydrogen) atoms. The van der Waals surface area contributed by atoms with Crippen LogP contribution >= 0.6 is 0 Å². The smallest absolute Gasteiger partial charge is 0.255 e. The number of benzene rings is 3. The molecule has 1 N–H and O–H groups in total. The molecule has 5 nitrogen and oxygen atoms in total. The fourth-order valence-electron chi connectivity index (χ4n) is 3.40. The van der Waals surface area contributed by atoms with Crippen molar-refractivity contribution in [3.8, 4) is 5.75 Å². The van der Waals surface area contributed by atoms with Gasteiger partial charge in [-0.05, 0) is 55.0 Å². The van der Waals surface area contributed by atoms with Crippen molar-refractivity contribution in [1.29, 1.82) is 0 Å². The van der Waals surface area contributed by atoms with Gasteiger partial charge >= 0.3 is 0 Å². The molecule has 4 rings (SSSR count). The zero-order valence-electron chi connectivity index (χ0n) is 16.2. The molecule has 0 saturated heterocycles. The number of fused-ring (bicyclic) bond motifs is 2. The third-order valence-electron chi connectivity index (χ3n) is 5.06. The molecule has 1 heterocycles. The van der Waals surface area contributed by atoms with E-state index < -0.39 is 5.41 Å². The molecule has 0 unspecified atom stereocenters. The van der Waals surface area contributed by atoms with Crippen molar-refractivity contribution >= 4 is 34.0 Å². The maximum absolute atomic E-state index is 12.7. The van der Waals surface area contributed by atoms with Gasteiger partial charge in [-0.2, -0.15) is 0 Å². The molecular weight excluding hydrogens is 352 g/mol. The highest BCUT2D eigenvalue weighted by molar-refractivity contribution is 6.07. The number of hydrogen-bond donors (Lipinski definition) is 1. The zero-order valence-corrected chi connectivity index (χ0v) is 16.2. The number of anilines is 2. The van der Waals surface area contributed by atoms with Gasteiger partial charge < -0.3 is 15.0 Å². The molecule has 0 bridgehead atoms. The molecule has 2 amide bonds. The molecule has 142 valence electrons. The molecule has 1 aliphatic rings. The molecule has 5 heteroatoms. The van der Waals surface area contributed by atoms with Crippen LogP contribution in [0.3, 0.4) is 0 Å². The predicted molar refractivity (Wildman–Crippen MR) is 111 cm³/mol. The Hall–Kier alpha value is -3.34. The highest BCUT2D eigenvalue weighted by atomic mass is 16.5. The second-order valence-electron chi connectivity index (χ2n) is 7.74. The van der Waals surface area contributed by atoms with E-state index in [1.807, 2.05) is 56.3 Å². The van der Waals surface area contributed by atoms with Gasteiger partial charge in [0.1, 0.15) is 12.4 Å². The SMILES string of the molecule is CN1C(=O)C(C)(C)COc2ccc(NC(=O)c3ccc4ccccc4c3)cc21. The number of nitrogens with one attached hydrogen (secondary N) is 1. The first-order valence-electron chi connectivity index (χ1n) is 9.20. The van der Waals surface area contributed by atoms with Crippen LogP contribution in [0.2, 0.25) is 0 Å². The minimum Gasteiger partial charge on any atom is -0.490 e. The third kappa shape index (κ3) is 3.20. The quantitative estimate of drug-likeness (QED) is 0.720. The second kappa shape index (κ2) is 6.68. The van der Waals surface area contributed by atoms with Gasteiger partial charge in [0.15, 0.2) is 0 Å². The van der Waals surface area contributed by atoms with Gasteiger partial charge in [-0.1, -0.05) is 30.3 Å². The molecule has 0 spiro atoms. The van der Waals surface area contributed by atoms with Gasteiger partial charge in [0.2, 0.25) is 5.91 Å². The fraction of sp³-hybridized carbons (Fsp3) is 0.217. The van der Waals surface area contributed by atoms with Crippen LogP contribution in [0.15, 0.2) is 60.7 Å². The molecule has 3 aromatic carbocycles. The van der Waals surface area contributed by atoms with Gasteiger partial charge in [0, 0.05) is 18.3 Å². The lowest BCUT2D eigenvalue weighted by Crippen LogP contribution is -2.39. The van der Waals surface area contributed by atoms with Crippen molar-refractivity contribution < 1.29 is 14.3 Å². The van der Waals surface area contributed by atoms with Crippen LogP contribution in [0.25, 0.3) is 10.8 Å². The van der Waals surface area contributed by atoms with E-state index in [2.05, 4.69) is 5.32 Å². The first-order chi connectivity index (χ1) is 13.3. The summed E-state index contributed by atoms with van der Waals surface area (Å²) in [4.78, 5) is 27.0. The van der Waals surface area contributed by atoms with E-state index in [4.69, 9.17) is 4.74 Å². The van der Waals surface area contributed by atoms with Gasteiger partial charge in [-0.25, -0.2) is 0 Å². The Morgan fingerprint density at radius 1 is 1.04 bits per heavy atom. The first kappa shape index (κ1) is 18.0. The summed E-state index contributed by atoms with van der Waals surface area (Å²) in [5, 5.41) is 5.02. The van der Waals surface area contributed by atoms with E-state index in [1.54, 1.807) is 30.1 Å². The molecule has 0 aliphatic carbocycles. The highest BCUT2D eigenvalue weighted by Crippen LogP contribution is 2.37. The summed E-state index contributed by atoms with van der Waals surface area (Å²) < 4.78 is 5.82. The summed E-state index contributed by atoms with van der Waals surface area (Å²) in [6, 6.07) is 18.9. The van der Waals surface area contributed by atoms with Gasteiger partial charge in [-0.3, -0.25) is 9.59 Å². The van der Waals surface area contributed by atoms with Crippen LogP contribution in [0.1, 0.15) is 24.2 Å². The number of amides is 2. The Labute approximate surface area is 163 Å². The van der Waals surface area contributed by atoms with Crippen LogP contribution in [0.5, 0.6) is 5.75 Å². The second-order valence-corrected chi connectivity index (χ2v) is 7.74. The summed E-state index contributed by atoms with van der Waals surface area (Å²) in [5.41, 5.74) is 1.23. The number of nitrogens with zero attached hydrogens (tertiary/aromatic N) is 1. The first-order valence-corrected chi connectivity index (χ1v) is 9.20. The third-order valence-corrected chi connectivity index (χ3v) is 5.06. The highest BCUT2D eigenvalue weighted by Gasteiger charge is 2.36. The van der Waals surface area contributed by atoms with Crippen LogP contribution < -0.4 is 15.0 Å². The maximum Gasteiger partial charge on any atom is 0.255 e. The lowest BCUT2D eigenvalue weighted by molar-refractivity contribution is -0.127. The summed E-state index contributed by atoms with van der Waals surface area (Å²) in [6.07, 6.45) is 0. The lowest BCUT2D eigenvalue weighted by atomic mass is 9.93. The van der Waals surface area contributed by atoms with Crippen molar-refractivity contribution in [3.05, 3.63) is 66.2 Å². The van der Waals surface area contributed by atoms with Crippen LogP contribution in [-0.2, 0) is 4.79 Å². The number of rotatable bonds is 2. The van der Waals surface area contributed by atoms with E-state index in [9.17, 15) is 9.59 Å². The molecule has 0 aromatic heterocycles. The van der Waals surface area contributed by atoms with E-state index in [0.29, 0.717) is 29.3 Å². The van der Waals surface area contributed by atoms with Crippen LogP contribution in [0, 0.1) is 5.41 Å². The van der Waals surface area contributed by atoms with Crippen LogP contribution in [-0.4, -0.2) is 25.5 Å². The van der Waals surface area contributed by atoms with Crippen LogP contribution in [0.4, 0.5) is 11.4 Å². The number of carbonyl (C=O) groups excluding carboxylic acids is 2. The summed E-state index contributed by atoms with van der Waals surface area (Å²) in [6.45, 7) is 4.03. The molecular formula is C23H22N2O3. The molecule has 0 radical (unpaired) electrons. The monoisotopic (exact) mass is 374 g/mol. The minimum absolute atomic E-state index is 0.0238. The number of hydrogen-bond acceptors (Lipinski definition) is 3. The normalized spacial score (nSPS) is 15.5. The van der Waals surface area contributed by atoms with Crippen molar-refractivity contribution in [1.82, 2.24) is 0 Å². The maximum atomic E-state index is 12.7. The lowest BCUT2D eigenvalue weighted by Gasteiger charge is -2.24. The van der Waals surface area contributed by atoms with Crippen molar-refractivity contribution in [3.63, 3.8) is 0 Å². The van der Waals surface area contributed by atoms with E-state index in [1.165, 1.54) is 0 Å². The van der Waals surface area contributed by atoms with Gasteiger partial charge in [0.05, 0.1) is 11.1 Å². The number of ether oxygens (including phenoxy) is 1. The minimum atomic E-state index is -0.609. The fourth-order valence-corrected chi connectivity index (χ4v) is 3.40. The van der Waals surface area contributed by atoms with E-state index in [-0.39, 0.29) is 11.8 Å². The molecule has 1 aliphatic heterocycles. The Kier molecular flexibility index (Phi) is 4.30. The molecule has 3 aromatic rings. The molecule has 0 fully saturated rings. The summed E-state index contributed by atoms with van der Waals surface area (Å²) in [7, 11) is 1.73.